The molecule has 0 radical (unpaired) electrons. The van der Waals surface area contributed by atoms with Crippen LogP contribution < -0.4 is 5.32 Å². The fourth-order valence-corrected chi connectivity index (χ4v) is 2.36. The van der Waals surface area contributed by atoms with Crippen LogP contribution in [-0.4, -0.2) is 10.7 Å². The Labute approximate surface area is 112 Å². The van der Waals surface area contributed by atoms with E-state index >= 15 is 0 Å². The van der Waals surface area contributed by atoms with Crippen LogP contribution in [0.5, 0.6) is 0 Å². The largest absolute Gasteiger partial charge is 0.380 e. The Morgan fingerprint density at radius 3 is 2.89 bits per heavy atom. The molecule has 0 amide bonds. The molecule has 0 unspecified atom stereocenters. The van der Waals surface area contributed by atoms with Crippen LogP contribution in [0, 0.1) is 0 Å². The zero-order valence-electron chi connectivity index (χ0n) is 10.2. The molecule has 2 rings (SSSR count). The predicted molar refractivity (Wildman–Crippen MR) is 78.9 cm³/mol. The highest BCUT2D eigenvalue weighted by Crippen LogP contribution is 2.27. The molecule has 2 aromatic rings. The molecule has 1 N–H and O–H groups in total. The number of pyridine rings is 1. The molecule has 3 heteroatoms. The Bertz CT molecular complexity index is 497. The first kappa shape index (κ1) is 12.7. The highest BCUT2D eigenvalue weighted by atomic mass is 32.2. The lowest BCUT2D eigenvalue weighted by Crippen LogP contribution is -2.00. The van der Waals surface area contributed by atoms with Crippen molar-refractivity contribution in [3.63, 3.8) is 0 Å². The van der Waals surface area contributed by atoms with E-state index in [0.29, 0.717) is 0 Å². The minimum atomic E-state index is 0.791. The summed E-state index contributed by atoms with van der Waals surface area (Å²) in [4.78, 5) is 5.36. The zero-order valence-corrected chi connectivity index (χ0v) is 11.0. The van der Waals surface area contributed by atoms with Crippen molar-refractivity contribution in [1.82, 2.24) is 4.98 Å². The van der Waals surface area contributed by atoms with Gasteiger partial charge in [0.05, 0.1) is 0 Å². The highest BCUT2D eigenvalue weighted by Gasteiger charge is 2.01. The smallest absolute Gasteiger partial charge is 0.0481 e. The van der Waals surface area contributed by atoms with Crippen molar-refractivity contribution in [2.75, 3.05) is 11.1 Å². The first-order valence-electron chi connectivity index (χ1n) is 5.85. The van der Waals surface area contributed by atoms with E-state index in [1.807, 2.05) is 24.4 Å². The normalized spacial score (nSPS) is 10.0. The second-order valence-corrected chi connectivity index (χ2v) is 4.87. The lowest BCUT2D eigenvalue weighted by atomic mass is 10.2. The number of rotatable bonds is 6. The fourth-order valence-electron chi connectivity index (χ4n) is 1.59. The van der Waals surface area contributed by atoms with Gasteiger partial charge in [-0.1, -0.05) is 24.3 Å². The molecule has 0 aliphatic heterocycles. The summed E-state index contributed by atoms with van der Waals surface area (Å²) in [6.45, 7) is 4.54. The van der Waals surface area contributed by atoms with Gasteiger partial charge in [-0.15, -0.1) is 18.3 Å². The van der Waals surface area contributed by atoms with Gasteiger partial charge < -0.3 is 5.32 Å². The molecule has 0 saturated carbocycles. The van der Waals surface area contributed by atoms with Gasteiger partial charge in [-0.25, -0.2) is 0 Å². The number of hydrogen-bond acceptors (Lipinski definition) is 3. The van der Waals surface area contributed by atoms with Gasteiger partial charge in [0, 0.05) is 35.3 Å². The minimum absolute atomic E-state index is 0.791. The molecule has 0 saturated heterocycles. The molecule has 2 nitrogen and oxygen atoms in total. The fraction of sp³-hybridized carbons (Fsp3) is 0.133. The molecule has 1 aromatic heterocycles. The highest BCUT2D eigenvalue weighted by molar-refractivity contribution is 7.99. The Hall–Kier alpha value is -1.74. The Morgan fingerprint density at radius 1 is 1.22 bits per heavy atom. The van der Waals surface area contributed by atoms with E-state index in [9.17, 15) is 0 Å². The molecule has 1 aromatic carbocycles. The maximum absolute atomic E-state index is 4.11. The van der Waals surface area contributed by atoms with Gasteiger partial charge in [-0.3, -0.25) is 4.98 Å². The van der Waals surface area contributed by atoms with Crippen molar-refractivity contribution in [1.29, 1.82) is 0 Å². The van der Waals surface area contributed by atoms with Crippen molar-refractivity contribution < 1.29 is 0 Å². The van der Waals surface area contributed by atoms with Crippen LogP contribution in [0.3, 0.4) is 0 Å². The van der Waals surface area contributed by atoms with E-state index in [2.05, 4.69) is 41.1 Å². The summed E-state index contributed by atoms with van der Waals surface area (Å²) in [6, 6.07) is 12.3. The van der Waals surface area contributed by atoms with Gasteiger partial charge >= 0.3 is 0 Å². The van der Waals surface area contributed by atoms with Crippen LogP contribution in [-0.2, 0) is 6.54 Å². The number of nitrogens with one attached hydrogen (secondary N) is 1. The quantitative estimate of drug-likeness (QED) is 0.625. The van der Waals surface area contributed by atoms with Gasteiger partial charge in [0.15, 0.2) is 0 Å². The van der Waals surface area contributed by atoms with Crippen LogP contribution >= 0.6 is 11.8 Å². The average Bonchev–Trinajstić information content (AvgIpc) is 2.45. The second-order valence-electron chi connectivity index (χ2n) is 3.81. The van der Waals surface area contributed by atoms with Crippen LogP contribution in [0.2, 0.25) is 0 Å². The molecule has 18 heavy (non-hydrogen) atoms. The van der Waals surface area contributed by atoms with E-state index in [-0.39, 0.29) is 0 Å². The molecular weight excluding hydrogens is 240 g/mol. The molecule has 92 valence electrons. The molecule has 0 aliphatic carbocycles. The van der Waals surface area contributed by atoms with Crippen LogP contribution in [0.1, 0.15) is 5.56 Å². The lowest BCUT2D eigenvalue weighted by molar-refractivity contribution is 1.10. The standard InChI is InChI=1S/C15H16N2S/c1-2-10-18-15-8-4-3-7-14(15)17-12-13-6-5-9-16-11-13/h2-9,11,17H,1,10,12H2. The van der Waals surface area contributed by atoms with Crippen molar-refractivity contribution in [2.45, 2.75) is 11.4 Å². The monoisotopic (exact) mass is 256 g/mol. The van der Waals surface area contributed by atoms with Crippen LogP contribution in [0.25, 0.3) is 0 Å². The molecule has 0 aliphatic rings. The first-order valence-corrected chi connectivity index (χ1v) is 6.84. The van der Waals surface area contributed by atoms with E-state index in [1.54, 1.807) is 18.0 Å². The van der Waals surface area contributed by atoms with Crippen LogP contribution in [0.4, 0.5) is 5.69 Å². The third-order valence-electron chi connectivity index (χ3n) is 2.45. The van der Waals surface area contributed by atoms with Gasteiger partial charge in [0.25, 0.3) is 0 Å². The average molecular weight is 256 g/mol. The zero-order chi connectivity index (χ0) is 12.6. The Kier molecular flexibility index (Phi) is 4.85. The summed E-state index contributed by atoms with van der Waals surface area (Å²) in [5.41, 5.74) is 2.34. The molecule has 0 bridgehead atoms. The van der Waals surface area contributed by atoms with Crippen LogP contribution in [0.15, 0.2) is 66.3 Å². The van der Waals surface area contributed by atoms with Crippen molar-refractivity contribution >= 4 is 17.4 Å². The Balaban J connectivity index is 2.02. The van der Waals surface area contributed by atoms with Crippen molar-refractivity contribution in [3.8, 4) is 0 Å². The number of benzene rings is 1. The maximum Gasteiger partial charge on any atom is 0.0481 e. The number of anilines is 1. The number of aromatic nitrogens is 1. The summed E-state index contributed by atoms with van der Waals surface area (Å²) < 4.78 is 0. The van der Waals surface area contributed by atoms with E-state index in [1.165, 1.54) is 10.5 Å². The summed E-state index contributed by atoms with van der Waals surface area (Å²) >= 11 is 1.79. The van der Waals surface area contributed by atoms with E-state index < -0.39 is 0 Å². The van der Waals surface area contributed by atoms with Gasteiger partial charge in [0.1, 0.15) is 0 Å². The number of hydrogen-bond donors (Lipinski definition) is 1. The molecule has 0 atom stereocenters. The number of para-hydroxylation sites is 1. The Morgan fingerprint density at radius 2 is 2.11 bits per heavy atom. The summed E-state index contributed by atoms with van der Waals surface area (Å²) in [6.07, 6.45) is 5.59. The number of thioether (sulfide) groups is 1. The molecule has 1 heterocycles. The maximum atomic E-state index is 4.11. The summed E-state index contributed by atoms with van der Waals surface area (Å²) in [5.74, 6) is 0.922. The lowest BCUT2D eigenvalue weighted by Gasteiger charge is -2.10. The summed E-state index contributed by atoms with van der Waals surface area (Å²) in [5, 5.41) is 3.44. The minimum Gasteiger partial charge on any atom is -0.380 e. The summed E-state index contributed by atoms with van der Waals surface area (Å²) in [7, 11) is 0. The van der Waals surface area contributed by atoms with E-state index in [0.717, 1.165) is 18.0 Å². The van der Waals surface area contributed by atoms with Gasteiger partial charge in [-0.05, 0) is 23.8 Å². The third kappa shape index (κ3) is 3.64. The number of nitrogens with zero attached hydrogens (tertiary/aromatic N) is 1. The molecular formula is C15H16N2S. The second kappa shape index (κ2) is 6.87. The van der Waals surface area contributed by atoms with Gasteiger partial charge in [-0.2, -0.15) is 0 Å². The predicted octanol–water partition coefficient (Wildman–Crippen LogP) is 3.97. The first-order chi connectivity index (χ1) is 8.90. The molecule has 0 fully saturated rings. The molecule has 0 spiro atoms. The topological polar surface area (TPSA) is 24.9 Å². The third-order valence-corrected chi connectivity index (χ3v) is 3.52. The van der Waals surface area contributed by atoms with Crippen molar-refractivity contribution in [3.05, 3.63) is 67.0 Å². The van der Waals surface area contributed by atoms with E-state index in [4.69, 9.17) is 0 Å². The van der Waals surface area contributed by atoms with Crippen molar-refractivity contribution in [2.24, 2.45) is 0 Å². The van der Waals surface area contributed by atoms with Gasteiger partial charge in [0.2, 0.25) is 0 Å². The SMILES string of the molecule is C=CCSc1ccccc1NCc1cccnc1.